The Balaban J connectivity index is 1.77. The molecular weight excluding hydrogens is 367 g/mol. The van der Waals surface area contributed by atoms with E-state index in [9.17, 15) is 22.8 Å². The SMILES string of the molecule is O=C(Nc1nc(=O)n(Cc2cccc(C(F)(F)F)c2)s1)c1ccccc1. The zero-order valence-electron chi connectivity index (χ0n) is 13.2. The van der Waals surface area contributed by atoms with Crippen LogP contribution < -0.4 is 11.0 Å². The number of carbonyl (C=O) groups is 1. The lowest BCUT2D eigenvalue weighted by atomic mass is 10.1. The molecule has 1 amide bonds. The number of halogens is 3. The van der Waals surface area contributed by atoms with Crippen molar-refractivity contribution in [1.29, 1.82) is 0 Å². The van der Waals surface area contributed by atoms with Gasteiger partial charge in [0, 0.05) is 5.56 Å². The van der Waals surface area contributed by atoms with E-state index in [2.05, 4.69) is 10.3 Å². The summed E-state index contributed by atoms with van der Waals surface area (Å²) in [6.07, 6.45) is -4.45. The summed E-state index contributed by atoms with van der Waals surface area (Å²) in [6.45, 7) is -0.0678. The minimum Gasteiger partial charge on any atom is -0.297 e. The highest BCUT2D eigenvalue weighted by atomic mass is 32.1. The quantitative estimate of drug-likeness (QED) is 0.753. The summed E-state index contributed by atoms with van der Waals surface area (Å²) >= 11 is 0.871. The molecule has 0 atom stereocenters. The van der Waals surface area contributed by atoms with Crippen LogP contribution in [0.5, 0.6) is 0 Å². The summed E-state index contributed by atoms with van der Waals surface area (Å²) in [5, 5.41) is 2.59. The van der Waals surface area contributed by atoms with Gasteiger partial charge in [-0.3, -0.25) is 10.1 Å². The Morgan fingerprint density at radius 2 is 1.85 bits per heavy atom. The third-order valence-corrected chi connectivity index (χ3v) is 4.32. The van der Waals surface area contributed by atoms with Crippen LogP contribution in [0.1, 0.15) is 21.5 Å². The highest BCUT2D eigenvalue weighted by molar-refractivity contribution is 7.10. The molecule has 1 heterocycles. The number of alkyl halides is 3. The molecule has 2 aromatic carbocycles. The first-order valence-electron chi connectivity index (χ1n) is 7.43. The van der Waals surface area contributed by atoms with E-state index in [0.29, 0.717) is 11.1 Å². The highest BCUT2D eigenvalue weighted by Gasteiger charge is 2.30. The van der Waals surface area contributed by atoms with Crippen molar-refractivity contribution in [3.63, 3.8) is 0 Å². The molecule has 5 nitrogen and oxygen atoms in total. The van der Waals surface area contributed by atoms with Crippen LogP contribution in [0.3, 0.4) is 0 Å². The maximum Gasteiger partial charge on any atom is 0.416 e. The zero-order valence-corrected chi connectivity index (χ0v) is 14.0. The molecule has 1 N–H and O–H groups in total. The lowest BCUT2D eigenvalue weighted by Gasteiger charge is -2.08. The number of rotatable bonds is 4. The third kappa shape index (κ3) is 4.17. The van der Waals surface area contributed by atoms with Gasteiger partial charge in [-0.15, -0.1) is 0 Å². The summed E-state index contributed by atoms with van der Waals surface area (Å²) in [7, 11) is 0. The summed E-state index contributed by atoms with van der Waals surface area (Å²) in [5.41, 5.74) is -0.716. The Morgan fingerprint density at radius 1 is 1.12 bits per heavy atom. The van der Waals surface area contributed by atoms with E-state index >= 15 is 0 Å². The van der Waals surface area contributed by atoms with Gasteiger partial charge in [0.2, 0.25) is 5.13 Å². The number of nitrogens with one attached hydrogen (secondary N) is 1. The van der Waals surface area contributed by atoms with E-state index in [1.54, 1.807) is 30.3 Å². The minimum absolute atomic E-state index is 0.0678. The molecule has 26 heavy (non-hydrogen) atoms. The molecule has 1 aromatic heterocycles. The van der Waals surface area contributed by atoms with Gasteiger partial charge in [0.15, 0.2) is 0 Å². The fourth-order valence-corrected chi connectivity index (χ4v) is 3.03. The normalized spacial score (nSPS) is 11.3. The molecule has 0 bridgehead atoms. The molecule has 3 aromatic rings. The van der Waals surface area contributed by atoms with E-state index in [4.69, 9.17) is 0 Å². The second-order valence-electron chi connectivity index (χ2n) is 5.35. The maximum atomic E-state index is 12.8. The summed E-state index contributed by atoms with van der Waals surface area (Å²) in [5.74, 6) is -0.425. The lowest BCUT2D eigenvalue weighted by molar-refractivity contribution is -0.137. The third-order valence-electron chi connectivity index (χ3n) is 3.44. The average Bonchev–Trinajstić information content (AvgIpc) is 2.94. The van der Waals surface area contributed by atoms with Crippen LogP contribution in [0.25, 0.3) is 0 Å². The van der Waals surface area contributed by atoms with Crippen LogP contribution in [-0.2, 0) is 12.7 Å². The van der Waals surface area contributed by atoms with Crippen molar-refractivity contribution < 1.29 is 18.0 Å². The van der Waals surface area contributed by atoms with Gasteiger partial charge in [-0.1, -0.05) is 30.3 Å². The molecule has 0 aliphatic carbocycles. The number of nitrogens with zero attached hydrogens (tertiary/aromatic N) is 2. The van der Waals surface area contributed by atoms with Crippen molar-refractivity contribution in [2.45, 2.75) is 12.7 Å². The predicted octanol–water partition coefficient (Wildman–Crippen LogP) is 3.62. The van der Waals surface area contributed by atoms with E-state index in [-0.39, 0.29) is 11.7 Å². The molecule has 3 rings (SSSR count). The Kier molecular flexibility index (Phi) is 4.90. The van der Waals surface area contributed by atoms with Crippen molar-refractivity contribution in [2.75, 3.05) is 5.32 Å². The largest absolute Gasteiger partial charge is 0.416 e. The number of aromatic nitrogens is 2. The second kappa shape index (κ2) is 7.12. The van der Waals surface area contributed by atoms with Gasteiger partial charge in [-0.2, -0.15) is 18.2 Å². The van der Waals surface area contributed by atoms with Crippen molar-refractivity contribution in [3.8, 4) is 0 Å². The summed E-state index contributed by atoms with van der Waals surface area (Å²) in [6, 6.07) is 13.1. The Hall–Kier alpha value is -2.94. The van der Waals surface area contributed by atoms with Gasteiger partial charge >= 0.3 is 11.9 Å². The number of carbonyl (C=O) groups excluding carboxylic acids is 1. The fraction of sp³-hybridized carbons (Fsp3) is 0.118. The van der Waals surface area contributed by atoms with E-state index in [0.717, 1.165) is 23.7 Å². The van der Waals surface area contributed by atoms with E-state index in [1.165, 1.54) is 16.1 Å². The first-order chi connectivity index (χ1) is 12.3. The predicted molar refractivity (Wildman–Crippen MR) is 91.3 cm³/mol. The van der Waals surface area contributed by atoms with Crippen LogP contribution in [0.2, 0.25) is 0 Å². The molecule has 0 saturated carbocycles. The van der Waals surface area contributed by atoms with E-state index < -0.39 is 23.3 Å². The number of amides is 1. The number of benzene rings is 2. The van der Waals surface area contributed by atoms with Gasteiger partial charge in [-0.05, 0) is 41.4 Å². The highest BCUT2D eigenvalue weighted by Crippen LogP contribution is 2.29. The Morgan fingerprint density at radius 3 is 2.54 bits per heavy atom. The smallest absolute Gasteiger partial charge is 0.297 e. The number of hydrogen-bond acceptors (Lipinski definition) is 4. The van der Waals surface area contributed by atoms with Crippen LogP contribution in [0, 0.1) is 0 Å². The molecule has 134 valence electrons. The number of hydrogen-bond donors (Lipinski definition) is 1. The molecule has 0 spiro atoms. The van der Waals surface area contributed by atoms with Crippen molar-refractivity contribution >= 4 is 22.6 Å². The molecule has 0 unspecified atom stereocenters. The average molecular weight is 379 g/mol. The standard InChI is InChI=1S/C17H12F3N3O2S/c18-17(19,20)13-8-4-5-11(9-13)10-23-16(25)22-15(26-23)21-14(24)12-6-2-1-3-7-12/h1-9H,10H2,(H,21,22,24,25). The minimum atomic E-state index is -4.45. The van der Waals surface area contributed by atoms with Crippen LogP contribution >= 0.6 is 11.5 Å². The molecule has 0 aliphatic heterocycles. The summed E-state index contributed by atoms with van der Waals surface area (Å²) < 4.78 is 39.5. The maximum absolute atomic E-state index is 12.8. The van der Waals surface area contributed by atoms with Gasteiger partial charge < -0.3 is 0 Å². The molecule has 0 aliphatic rings. The second-order valence-corrected chi connectivity index (χ2v) is 6.36. The number of anilines is 1. The molecule has 0 radical (unpaired) electrons. The van der Waals surface area contributed by atoms with Gasteiger partial charge in [-0.25, -0.2) is 8.75 Å². The molecule has 9 heteroatoms. The first kappa shape index (κ1) is 17.9. The monoisotopic (exact) mass is 379 g/mol. The van der Waals surface area contributed by atoms with Crippen molar-refractivity contribution in [3.05, 3.63) is 81.8 Å². The van der Waals surface area contributed by atoms with Crippen LogP contribution in [0.15, 0.2) is 59.4 Å². The first-order valence-corrected chi connectivity index (χ1v) is 8.21. The van der Waals surface area contributed by atoms with Crippen molar-refractivity contribution in [2.24, 2.45) is 0 Å². The zero-order chi connectivity index (χ0) is 18.7. The fourth-order valence-electron chi connectivity index (χ4n) is 2.23. The topological polar surface area (TPSA) is 64.0 Å². The van der Waals surface area contributed by atoms with Gasteiger partial charge in [0.25, 0.3) is 5.91 Å². The Bertz CT molecular complexity index is 981. The molecule has 0 saturated heterocycles. The van der Waals surface area contributed by atoms with Crippen LogP contribution in [0.4, 0.5) is 18.3 Å². The van der Waals surface area contributed by atoms with Crippen LogP contribution in [-0.4, -0.2) is 14.8 Å². The lowest BCUT2D eigenvalue weighted by Crippen LogP contribution is -2.17. The van der Waals surface area contributed by atoms with E-state index in [1.807, 2.05) is 0 Å². The summed E-state index contributed by atoms with van der Waals surface area (Å²) in [4.78, 5) is 27.7. The molecule has 0 fully saturated rings. The van der Waals surface area contributed by atoms with Gasteiger partial charge in [0.1, 0.15) is 0 Å². The van der Waals surface area contributed by atoms with Crippen molar-refractivity contribution in [1.82, 2.24) is 8.94 Å². The van der Waals surface area contributed by atoms with Gasteiger partial charge in [0.05, 0.1) is 12.1 Å². The molecular formula is C17H12F3N3O2S. The Labute approximate surface area is 149 Å².